The molecule has 0 spiro atoms. The summed E-state index contributed by atoms with van der Waals surface area (Å²) in [4.78, 5) is 2.34. The van der Waals surface area contributed by atoms with Crippen molar-refractivity contribution in [1.82, 2.24) is 0 Å². The zero-order valence-corrected chi connectivity index (χ0v) is 26.3. The molecular weight excluding hydrogens is 583 g/mol. The van der Waals surface area contributed by atoms with E-state index in [2.05, 4.69) is 181 Å². The Balaban J connectivity index is 1.11. The summed E-state index contributed by atoms with van der Waals surface area (Å²) in [5, 5.41) is 4.79. The van der Waals surface area contributed by atoms with Crippen LogP contribution in [0.4, 0.5) is 17.1 Å². The minimum Gasteiger partial charge on any atom is -0.455 e. The zero-order valence-electron chi connectivity index (χ0n) is 26.3. The molecule has 9 aromatic rings. The SMILES string of the molecule is c1ccc(N(c2ccc(-c3ccc(-c4cccc5ccccc45)cc3)cc2)c2ccccc2-c2cccc3c2oc2ccccc23)cc1. The molecule has 0 fully saturated rings. The Hall–Kier alpha value is -6.38. The van der Waals surface area contributed by atoms with Gasteiger partial charge in [-0.3, -0.25) is 0 Å². The maximum Gasteiger partial charge on any atom is 0.143 e. The smallest absolute Gasteiger partial charge is 0.143 e. The van der Waals surface area contributed by atoms with E-state index in [0.29, 0.717) is 0 Å². The van der Waals surface area contributed by atoms with Crippen molar-refractivity contribution in [2.24, 2.45) is 0 Å². The molecule has 0 saturated heterocycles. The quantitative estimate of drug-likeness (QED) is 0.185. The van der Waals surface area contributed by atoms with Gasteiger partial charge in [-0.05, 0) is 69.4 Å². The molecule has 2 nitrogen and oxygen atoms in total. The molecule has 48 heavy (non-hydrogen) atoms. The van der Waals surface area contributed by atoms with Crippen LogP contribution in [-0.4, -0.2) is 0 Å². The van der Waals surface area contributed by atoms with Crippen molar-refractivity contribution in [2.75, 3.05) is 4.90 Å². The lowest BCUT2D eigenvalue weighted by Gasteiger charge is -2.28. The van der Waals surface area contributed by atoms with Gasteiger partial charge >= 0.3 is 0 Å². The van der Waals surface area contributed by atoms with Crippen molar-refractivity contribution in [2.45, 2.75) is 0 Å². The third kappa shape index (κ3) is 4.83. The van der Waals surface area contributed by atoms with E-state index in [0.717, 1.165) is 50.1 Å². The Morgan fingerprint density at radius 2 is 0.875 bits per heavy atom. The van der Waals surface area contributed by atoms with Crippen LogP contribution in [0, 0.1) is 0 Å². The highest BCUT2D eigenvalue weighted by Gasteiger charge is 2.20. The van der Waals surface area contributed by atoms with E-state index in [-0.39, 0.29) is 0 Å². The molecule has 226 valence electrons. The number of benzene rings is 8. The van der Waals surface area contributed by atoms with Crippen LogP contribution in [-0.2, 0) is 0 Å². The third-order valence-electron chi connectivity index (χ3n) is 9.30. The summed E-state index contributed by atoms with van der Waals surface area (Å²) in [6, 6.07) is 66.8. The number of furan rings is 1. The highest BCUT2D eigenvalue weighted by Crippen LogP contribution is 2.44. The molecule has 8 aromatic carbocycles. The maximum absolute atomic E-state index is 6.49. The molecule has 0 radical (unpaired) electrons. The molecule has 0 saturated carbocycles. The molecule has 0 atom stereocenters. The average molecular weight is 614 g/mol. The summed E-state index contributed by atoms with van der Waals surface area (Å²) >= 11 is 0. The summed E-state index contributed by atoms with van der Waals surface area (Å²) in [7, 11) is 0. The van der Waals surface area contributed by atoms with Crippen LogP contribution in [0.3, 0.4) is 0 Å². The first-order valence-corrected chi connectivity index (χ1v) is 16.4. The molecule has 1 heterocycles. The van der Waals surface area contributed by atoms with Gasteiger partial charge in [0.2, 0.25) is 0 Å². The normalized spacial score (nSPS) is 11.3. The van der Waals surface area contributed by atoms with Crippen molar-refractivity contribution in [3.05, 3.63) is 188 Å². The van der Waals surface area contributed by atoms with Crippen LogP contribution in [0.25, 0.3) is 66.1 Å². The summed E-state index contributed by atoms with van der Waals surface area (Å²) < 4.78 is 6.49. The summed E-state index contributed by atoms with van der Waals surface area (Å²) in [6.07, 6.45) is 0. The molecule has 0 aliphatic heterocycles. The van der Waals surface area contributed by atoms with Crippen LogP contribution in [0.5, 0.6) is 0 Å². The van der Waals surface area contributed by atoms with Crippen molar-refractivity contribution >= 4 is 49.8 Å². The van der Waals surface area contributed by atoms with Crippen molar-refractivity contribution in [3.63, 3.8) is 0 Å². The lowest BCUT2D eigenvalue weighted by molar-refractivity contribution is 0.670. The monoisotopic (exact) mass is 613 g/mol. The number of fused-ring (bicyclic) bond motifs is 4. The fourth-order valence-corrected chi connectivity index (χ4v) is 6.98. The second-order valence-electron chi connectivity index (χ2n) is 12.1. The summed E-state index contributed by atoms with van der Waals surface area (Å²) in [5.74, 6) is 0. The van der Waals surface area contributed by atoms with Gasteiger partial charge in [-0.15, -0.1) is 0 Å². The fourth-order valence-electron chi connectivity index (χ4n) is 6.98. The van der Waals surface area contributed by atoms with Crippen molar-refractivity contribution in [1.29, 1.82) is 0 Å². The van der Waals surface area contributed by atoms with E-state index < -0.39 is 0 Å². The van der Waals surface area contributed by atoms with Crippen LogP contribution >= 0.6 is 0 Å². The first kappa shape index (κ1) is 27.9. The van der Waals surface area contributed by atoms with Gasteiger partial charge in [0.05, 0.1) is 5.69 Å². The summed E-state index contributed by atoms with van der Waals surface area (Å²) in [6.45, 7) is 0. The zero-order chi connectivity index (χ0) is 31.9. The standard InChI is InChI=1S/C46H31NO/c1-2-14-36(15-3-1)47(44-22-8-6-17-40(44)42-20-11-21-43-41-18-7-9-23-45(41)48-46(42)43)37-30-28-33(29-31-37)32-24-26-35(27-25-32)39-19-10-13-34-12-4-5-16-38(34)39/h1-31H. The second kappa shape index (κ2) is 11.8. The highest BCUT2D eigenvalue weighted by molar-refractivity contribution is 6.10. The van der Waals surface area contributed by atoms with Crippen molar-refractivity contribution < 1.29 is 4.42 Å². The van der Waals surface area contributed by atoms with Gasteiger partial charge in [0.25, 0.3) is 0 Å². The lowest BCUT2D eigenvalue weighted by Crippen LogP contribution is -2.11. The van der Waals surface area contributed by atoms with E-state index in [1.807, 2.05) is 12.1 Å². The van der Waals surface area contributed by atoms with E-state index in [1.54, 1.807) is 0 Å². The van der Waals surface area contributed by atoms with Crippen LogP contribution < -0.4 is 4.90 Å². The topological polar surface area (TPSA) is 16.4 Å². The predicted molar refractivity (Wildman–Crippen MR) is 202 cm³/mol. The Morgan fingerprint density at radius 1 is 0.333 bits per heavy atom. The molecule has 0 aliphatic carbocycles. The minimum atomic E-state index is 0.901. The lowest BCUT2D eigenvalue weighted by atomic mass is 9.96. The second-order valence-corrected chi connectivity index (χ2v) is 12.1. The van der Waals surface area contributed by atoms with Crippen LogP contribution in [0.1, 0.15) is 0 Å². The Morgan fingerprint density at radius 3 is 1.71 bits per heavy atom. The Bertz CT molecular complexity index is 2540. The first-order chi connectivity index (χ1) is 23.8. The van der Waals surface area contributed by atoms with E-state index >= 15 is 0 Å². The highest BCUT2D eigenvalue weighted by atomic mass is 16.3. The third-order valence-corrected chi connectivity index (χ3v) is 9.30. The number of para-hydroxylation sites is 4. The maximum atomic E-state index is 6.49. The van der Waals surface area contributed by atoms with Crippen LogP contribution in [0.15, 0.2) is 192 Å². The molecule has 2 heteroatoms. The predicted octanol–water partition coefficient (Wildman–Crippen LogP) is 13.2. The van der Waals surface area contributed by atoms with E-state index in [9.17, 15) is 0 Å². The Kier molecular flexibility index (Phi) is 6.84. The largest absolute Gasteiger partial charge is 0.455 e. The van der Waals surface area contributed by atoms with Gasteiger partial charge < -0.3 is 9.32 Å². The molecular formula is C46H31NO. The number of hydrogen-bond donors (Lipinski definition) is 0. The van der Waals surface area contributed by atoms with E-state index in [1.165, 1.54) is 33.0 Å². The molecule has 0 aliphatic rings. The summed E-state index contributed by atoms with van der Waals surface area (Å²) in [5.41, 5.74) is 12.1. The molecule has 0 amide bonds. The van der Waals surface area contributed by atoms with E-state index in [4.69, 9.17) is 4.42 Å². The molecule has 0 N–H and O–H groups in total. The number of nitrogens with zero attached hydrogens (tertiary/aromatic N) is 1. The van der Waals surface area contributed by atoms with Gasteiger partial charge in [-0.2, -0.15) is 0 Å². The number of hydrogen-bond acceptors (Lipinski definition) is 2. The van der Waals surface area contributed by atoms with Gasteiger partial charge in [-0.1, -0.05) is 152 Å². The number of rotatable bonds is 6. The average Bonchev–Trinajstić information content (AvgIpc) is 3.55. The van der Waals surface area contributed by atoms with Gasteiger partial charge in [0.1, 0.15) is 11.2 Å². The number of anilines is 3. The molecule has 0 unspecified atom stereocenters. The Labute approximate surface area is 279 Å². The molecule has 0 bridgehead atoms. The minimum absolute atomic E-state index is 0.901. The van der Waals surface area contributed by atoms with Gasteiger partial charge in [0, 0.05) is 33.3 Å². The van der Waals surface area contributed by atoms with Gasteiger partial charge in [0.15, 0.2) is 0 Å². The van der Waals surface area contributed by atoms with Crippen molar-refractivity contribution in [3.8, 4) is 33.4 Å². The molecule has 9 rings (SSSR count). The van der Waals surface area contributed by atoms with Crippen LogP contribution in [0.2, 0.25) is 0 Å². The van der Waals surface area contributed by atoms with Gasteiger partial charge in [-0.25, -0.2) is 0 Å². The fraction of sp³-hybridized carbons (Fsp3) is 0. The molecule has 1 aromatic heterocycles. The first-order valence-electron chi connectivity index (χ1n) is 16.4.